The molecule has 0 aliphatic carbocycles. The van der Waals surface area contributed by atoms with Gasteiger partial charge in [-0.2, -0.15) is 13.2 Å². The Kier molecular flexibility index (Phi) is 4.63. The fourth-order valence-electron chi connectivity index (χ4n) is 1.80. The Labute approximate surface area is 125 Å². The molecule has 0 aliphatic heterocycles. The first-order valence-corrected chi connectivity index (χ1v) is 6.55. The summed E-state index contributed by atoms with van der Waals surface area (Å²) in [6.07, 6.45) is -4.47. The minimum absolute atomic E-state index is 0.0159. The van der Waals surface area contributed by atoms with Crippen molar-refractivity contribution in [2.24, 2.45) is 0 Å². The number of hydrogen-bond donors (Lipinski definition) is 0. The van der Waals surface area contributed by atoms with Crippen LogP contribution in [0.4, 0.5) is 13.2 Å². The molecule has 0 bridgehead atoms. The van der Waals surface area contributed by atoms with E-state index in [0.29, 0.717) is 11.5 Å². The van der Waals surface area contributed by atoms with Crippen LogP contribution in [0, 0.1) is 0 Å². The first kappa shape index (κ1) is 15.5. The summed E-state index contributed by atoms with van der Waals surface area (Å²) in [7, 11) is 1.50. The molecular formula is C15H12ClF3O2. The van der Waals surface area contributed by atoms with Gasteiger partial charge < -0.3 is 9.47 Å². The molecule has 2 aromatic carbocycles. The number of ether oxygens (including phenoxy) is 2. The molecule has 0 unspecified atom stereocenters. The molecule has 2 aromatic rings. The Bertz CT molecular complexity index is 627. The predicted molar refractivity (Wildman–Crippen MR) is 74.1 cm³/mol. The molecule has 6 heteroatoms. The predicted octanol–water partition coefficient (Wildman–Crippen LogP) is 5.25. The molecule has 0 heterocycles. The second-order valence-corrected chi connectivity index (χ2v) is 4.50. The average molecular weight is 317 g/mol. The van der Waals surface area contributed by atoms with E-state index in [0.717, 1.165) is 6.07 Å². The van der Waals surface area contributed by atoms with Gasteiger partial charge in [0.1, 0.15) is 17.2 Å². The molecule has 0 N–H and O–H groups in total. The smallest absolute Gasteiger partial charge is 0.416 e. The highest BCUT2D eigenvalue weighted by Gasteiger charge is 2.33. The van der Waals surface area contributed by atoms with Crippen LogP contribution in [0.3, 0.4) is 0 Å². The molecule has 21 heavy (non-hydrogen) atoms. The van der Waals surface area contributed by atoms with Gasteiger partial charge in [-0.15, -0.1) is 11.6 Å². The summed E-state index contributed by atoms with van der Waals surface area (Å²) in [6, 6.07) is 10.3. The molecule has 0 atom stereocenters. The molecule has 2 nitrogen and oxygen atoms in total. The zero-order valence-corrected chi connectivity index (χ0v) is 11.8. The van der Waals surface area contributed by atoms with E-state index in [2.05, 4.69) is 0 Å². The number of halogens is 4. The largest absolute Gasteiger partial charge is 0.497 e. The van der Waals surface area contributed by atoms with Crippen LogP contribution in [0.25, 0.3) is 0 Å². The number of methoxy groups -OCH3 is 1. The van der Waals surface area contributed by atoms with Gasteiger partial charge in [-0.3, -0.25) is 0 Å². The third kappa shape index (κ3) is 3.82. The SMILES string of the molecule is COc1cccc(Oc2ccc(CCl)c(C(F)(F)F)c2)c1. The van der Waals surface area contributed by atoms with Crippen LogP contribution in [-0.4, -0.2) is 7.11 Å². The Hall–Kier alpha value is -1.88. The summed E-state index contributed by atoms with van der Waals surface area (Å²) in [5.41, 5.74) is -0.778. The molecule has 0 radical (unpaired) electrons. The van der Waals surface area contributed by atoms with Crippen LogP contribution in [-0.2, 0) is 12.1 Å². The van der Waals surface area contributed by atoms with Gasteiger partial charge >= 0.3 is 6.18 Å². The third-order valence-corrected chi connectivity index (χ3v) is 3.10. The second-order valence-electron chi connectivity index (χ2n) is 4.23. The molecular weight excluding hydrogens is 305 g/mol. The molecule has 0 saturated carbocycles. The van der Waals surface area contributed by atoms with Gasteiger partial charge in [0.05, 0.1) is 12.7 Å². The van der Waals surface area contributed by atoms with E-state index < -0.39 is 11.7 Å². The van der Waals surface area contributed by atoms with Crippen molar-refractivity contribution in [3.05, 3.63) is 53.6 Å². The van der Waals surface area contributed by atoms with E-state index in [1.807, 2.05) is 0 Å². The number of benzene rings is 2. The van der Waals surface area contributed by atoms with Crippen molar-refractivity contribution in [1.29, 1.82) is 0 Å². The van der Waals surface area contributed by atoms with Crippen LogP contribution in [0.2, 0.25) is 0 Å². The molecule has 0 aliphatic rings. The number of hydrogen-bond acceptors (Lipinski definition) is 2. The number of rotatable bonds is 4. The topological polar surface area (TPSA) is 18.5 Å². The highest BCUT2D eigenvalue weighted by molar-refractivity contribution is 6.17. The van der Waals surface area contributed by atoms with E-state index in [-0.39, 0.29) is 17.2 Å². The summed E-state index contributed by atoms with van der Waals surface area (Å²) >= 11 is 5.53. The summed E-state index contributed by atoms with van der Waals surface area (Å²) in [6.45, 7) is 0. The summed E-state index contributed by atoms with van der Waals surface area (Å²) in [5, 5.41) is 0. The molecule has 0 amide bonds. The van der Waals surface area contributed by atoms with Gasteiger partial charge in [0.25, 0.3) is 0 Å². The van der Waals surface area contributed by atoms with Gasteiger partial charge in [0.2, 0.25) is 0 Å². The highest BCUT2D eigenvalue weighted by Crippen LogP contribution is 2.36. The van der Waals surface area contributed by atoms with Crippen molar-refractivity contribution in [3.8, 4) is 17.2 Å². The van der Waals surface area contributed by atoms with Crippen LogP contribution >= 0.6 is 11.6 Å². The first-order valence-electron chi connectivity index (χ1n) is 6.02. The quantitative estimate of drug-likeness (QED) is 0.718. The maximum Gasteiger partial charge on any atom is 0.416 e. The molecule has 0 spiro atoms. The lowest BCUT2D eigenvalue weighted by Crippen LogP contribution is -2.08. The van der Waals surface area contributed by atoms with Crippen molar-refractivity contribution in [3.63, 3.8) is 0 Å². The van der Waals surface area contributed by atoms with E-state index in [1.165, 1.54) is 19.2 Å². The van der Waals surface area contributed by atoms with E-state index in [4.69, 9.17) is 21.1 Å². The van der Waals surface area contributed by atoms with Crippen molar-refractivity contribution < 1.29 is 22.6 Å². The molecule has 0 fully saturated rings. The average Bonchev–Trinajstić information content (AvgIpc) is 2.46. The lowest BCUT2D eigenvalue weighted by Gasteiger charge is -2.14. The van der Waals surface area contributed by atoms with E-state index >= 15 is 0 Å². The Balaban J connectivity index is 2.32. The lowest BCUT2D eigenvalue weighted by molar-refractivity contribution is -0.138. The van der Waals surface area contributed by atoms with Crippen molar-refractivity contribution in [2.75, 3.05) is 7.11 Å². The molecule has 112 valence electrons. The van der Waals surface area contributed by atoms with Crippen molar-refractivity contribution in [1.82, 2.24) is 0 Å². The van der Waals surface area contributed by atoms with Crippen molar-refractivity contribution in [2.45, 2.75) is 12.1 Å². The first-order chi connectivity index (χ1) is 9.94. The fourth-order valence-corrected chi connectivity index (χ4v) is 2.03. The maximum absolute atomic E-state index is 12.9. The van der Waals surface area contributed by atoms with Gasteiger partial charge in [0, 0.05) is 11.9 Å². The van der Waals surface area contributed by atoms with E-state index in [9.17, 15) is 13.2 Å². The summed E-state index contributed by atoms with van der Waals surface area (Å²) < 4.78 is 49.3. The second kappa shape index (κ2) is 6.26. The minimum atomic E-state index is -4.47. The monoisotopic (exact) mass is 316 g/mol. The van der Waals surface area contributed by atoms with Crippen LogP contribution in [0.15, 0.2) is 42.5 Å². The zero-order chi connectivity index (χ0) is 15.5. The summed E-state index contributed by atoms with van der Waals surface area (Å²) in [5.74, 6) is 0.820. The standard InChI is InChI=1S/C15H12ClF3O2/c1-20-11-3-2-4-12(7-11)21-13-6-5-10(9-16)14(8-13)15(17,18)19/h2-8H,9H2,1H3. The normalized spacial score (nSPS) is 11.3. The van der Waals surface area contributed by atoms with Crippen LogP contribution in [0.1, 0.15) is 11.1 Å². The molecule has 0 aromatic heterocycles. The molecule has 2 rings (SSSR count). The van der Waals surface area contributed by atoms with Gasteiger partial charge in [0.15, 0.2) is 0 Å². The zero-order valence-electron chi connectivity index (χ0n) is 11.1. The van der Waals surface area contributed by atoms with E-state index in [1.54, 1.807) is 24.3 Å². The highest BCUT2D eigenvalue weighted by atomic mass is 35.5. The van der Waals surface area contributed by atoms with Gasteiger partial charge in [-0.25, -0.2) is 0 Å². The Morgan fingerprint density at radius 3 is 2.29 bits per heavy atom. The van der Waals surface area contributed by atoms with Crippen LogP contribution < -0.4 is 9.47 Å². The fraction of sp³-hybridized carbons (Fsp3) is 0.200. The lowest BCUT2D eigenvalue weighted by atomic mass is 10.1. The van der Waals surface area contributed by atoms with Crippen LogP contribution in [0.5, 0.6) is 17.2 Å². The third-order valence-electron chi connectivity index (χ3n) is 2.81. The van der Waals surface area contributed by atoms with Gasteiger partial charge in [-0.05, 0) is 29.8 Å². The Morgan fingerprint density at radius 2 is 1.67 bits per heavy atom. The van der Waals surface area contributed by atoms with Crippen molar-refractivity contribution >= 4 is 11.6 Å². The maximum atomic E-state index is 12.9. The minimum Gasteiger partial charge on any atom is -0.497 e. The molecule has 0 saturated heterocycles. The summed E-state index contributed by atoms with van der Waals surface area (Å²) in [4.78, 5) is 0. The van der Waals surface area contributed by atoms with Gasteiger partial charge in [-0.1, -0.05) is 12.1 Å². The Morgan fingerprint density at radius 1 is 1.00 bits per heavy atom. The number of alkyl halides is 4.